The minimum atomic E-state index is 0.896. The molecule has 1 rings (SSSR count). The molecule has 0 aromatic heterocycles. The Labute approximate surface area is 113 Å². The van der Waals surface area contributed by atoms with Gasteiger partial charge in [0.1, 0.15) is 0 Å². The fourth-order valence-corrected chi connectivity index (χ4v) is 2.22. The third kappa shape index (κ3) is 4.73. The second-order valence-corrected chi connectivity index (χ2v) is 4.88. The van der Waals surface area contributed by atoms with Gasteiger partial charge in [-0.15, -0.1) is 11.7 Å². The van der Waals surface area contributed by atoms with Crippen LogP contribution < -0.4 is 0 Å². The lowest BCUT2D eigenvalue weighted by atomic mass is 10.2. The predicted molar refractivity (Wildman–Crippen MR) is 78.5 cm³/mol. The third-order valence-corrected chi connectivity index (χ3v) is 3.27. The van der Waals surface area contributed by atoms with Crippen LogP contribution in [0.4, 0.5) is 0 Å². The lowest BCUT2D eigenvalue weighted by molar-refractivity contribution is -0.105. The summed E-state index contributed by atoms with van der Waals surface area (Å²) in [5.74, 6) is 0. The first-order valence-corrected chi connectivity index (χ1v) is 7.43. The van der Waals surface area contributed by atoms with Crippen molar-refractivity contribution in [2.45, 2.75) is 52.4 Å². The van der Waals surface area contributed by atoms with E-state index in [1.54, 1.807) is 0 Å². The Kier molecular flexibility index (Phi) is 7.58. The first-order chi connectivity index (χ1) is 8.83. The zero-order valence-electron chi connectivity index (χ0n) is 12.1. The van der Waals surface area contributed by atoms with E-state index >= 15 is 0 Å². The van der Waals surface area contributed by atoms with Gasteiger partial charge in [0.05, 0.1) is 6.54 Å². The minimum absolute atomic E-state index is 0.896. The molecule has 0 atom stereocenters. The number of hydrogen-bond acceptors (Lipinski definition) is 3. The Hall–Kier alpha value is -0.960. The maximum atomic E-state index is 3.83. The van der Waals surface area contributed by atoms with Gasteiger partial charge < -0.3 is 0 Å². The summed E-state index contributed by atoms with van der Waals surface area (Å²) < 4.78 is 0. The molecule has 104 valence electrons. The molecule has 1 aliphatic rings. The summed E-state index contributed by atoms with van der Waals surface area (Å²) in [6, 6.07) is 0. The van der Waals surface area contributed by atoms with Crippen molar-refractivity contribution in [3.63, 3.8) is 0 Å². The smallest absolute Gasteiger partial charge is 0.0536 e. The van der Waals surface area contributed by atoms with Gasteiger partial charge >= 0.3 is 0 Å². The molecule has 0 saturated carbocycles. The average Bonchev–Trinajstić information content (AvgIpc) is 2.74. The van der Waals surface area contributed by atoms with Crippen molar-refractivity contribution < 1.29 is 0 Å². The van der Waals surface area contributed by atoms with E-state index in [-0.39, 0.29) is 0 Å². The van der Waals surface area contributed by atoms with Gasteiger partial charge in [-0.3, -0.25) is 10.0 Å². The summed E-state index contributed by atoms with van der Waals surface area (Å²) in [7, 11) is 0. The molecule has 18 heavy (non-hydrogen) atoms. The van der Waals surface area contributed by atoms with Crippen LogP contribution in [0.1, 0.15) is 52.4 Å². The molecule has 0 aromatic carbocycles. The van der Waals surface area contributed by atoms with E-state index in [2.05, 4.69) is 48.0 Å². The van der Waals surface area contributed by atoms with Crippen molar-refractivity contribution in [3.8, 4) is 0 Å². The SMILES string of the molecule is C=CCN1C=CN(CCCCC)N1CCCCC. The first kappa shape index (κ1) is 15.1. The Bertz CT molecular complexity index is 250. The fourth-order valence-electron chi connectivity index (χ4n) is 2.22. The van der Waals surface area contributed by atoms with Gasteiger partial charge in [0.15, 0.2) is 0 Å². The van der Waals surface area contributed by atoms with E-state index < -0.39 is 0 Å². The number of hydrogen-bond donors (Lipinski definition) is 0. The molecule has 3 heteroatoms. The second kappa shape index (κ2) is 9.03. The molecule has 0 aromatic rings. The summed E-state index contributed by atoms with van der Waals surface area (Å²) >= 11 is 0. The highest BCUT2D eigenvalue weighted by Crippen LogP contribution is 2.16. The molecule has 0 aliphatic carbocycles. The standard InChI is InChI=1S/C15H29N3/c1-4-7-9-12-17-15-14-16(11-6-3)18(17)13-10-8-5-2/h6,14-15H,3-5,7-13H2,1-2H3. The molecule has 0 unspecified atom stereocenters. The van der Waals surface area contributed by atoms with E-state index in [0.717, 1.165) is 19.6 Å². The van der Waals surface area contributed by atoms with Gasteiger partial charge in [-0.25, -0.2) is 0 Å². The van der Waals surface area contributed by atoms with E-state index in [0.29, 0.717) is 0 Å². The van der Waals surface area contributed by atoms with Crippen LogP contribution in [0.25, 0.3) is 0 Å². The zero-order chi connectivity index (χ0) is 13.2. The Balaban J connectivity index is 2.42. The van der Waals surface area contributed by atoms with Crippen LogP contribution >= 0.6 is 0 Å². The second-order valence-electron chi connectivity index (χ2n) is 4.88. The van der Waals surface area contributed by atoms with E-state index in [4.69, 9.17) is 0 Å². The summed E-state index contributed by atoms with van der Waals surface area (Å²) in [6.45, 7) is 11.5. The third-order valence-electron chi connectivity index (χ3n) is 3.27. The van der Waals surface area contributed by atoms with Crippen molar-refractivity contribution in [2.75, 3.05) is 19.6 Å². The van der Waals surface area contributed by atoms with Crippen molar-refractivity contribution in [1.29, 1.82) is 0 Å². The molecule has 0 bridgehead atoms. The van der Waals surface area contributed by atoms with Crippen LogP contribution in [0.3, 0.4) is 0 Å². The normalized spacial score (nSPS) is 15.7. The molecule has 1 aliphatic heterocycles. The van der Waals surface area contributed by atoms with Gasteiger partial charge in [-0.1, -0.05) is 45.6 Å². The monoisotopic (exact) mass is 251 g/mol. The summed E-state index contributed by atoms with van der Waals surface area (Å²) in [5.41, 5.74) is 0. The van der Waals surface area contributed by atoms with E-state index in [9.17, 15) is 0 Å². The van der Waals surface area contributed by atoms with Crippen LogP contribution in [0, 0.1) is 0 Å². The lowest BCUT2D eigenvalue weighted by Gasteiger charge is -2.35. The summed E-state index contributed by atoms with van der Waals surface area (Å²) in [6.07, 6.45) is 14.0. The van der Waals surface area contributed by atoms with Crippen molar-refractivity contribution in [1.82, 2.24) is 15.1 Å². The molecule has 0 N–H and O–H groups in total. The van der Waals surface area contributed by atoms with Gasteiger partial charge in [-0.05, 0) is 12.8 Å². The first-order valence-electron chi connectivity index (χ1n) is 7.43. The Morgan fingerprint density at radius 3 is 2.11 bits per heavy atom. The van der Waals surface area contributed by atoms with E-state index in [1.165, 1.54) is 38.5 Å². The van der Waals surface area contributed by atoms with Crippen LogP contribution in [0.2, 0.25) is 0 Å². The average molecular weight is 251 g/mol. The van der Waals surface area contributed by atoms with Crippen LogP contribution in [-0.4, -0.2) is 34.8 Å². The highest BCUT2D eigenvalue weighted by molar-refractivity contribution is 4.90. The molecule has 1 heterocycles. The van der Waals surface area contributed by atoms with Gasteiger partial charge in [0, 0.05) is 25.5 Å². The molecule has 0 fully saturated rings. The largest absolute Gasteiger partial charge is 0.294 e. The molecule has 3 nitrogen and oxygen atoms in total. The zero-order valence-corrected chi connectivity index (χ0v) is 12.1. The molecule has 0 radical (unpaired) electrons. The van der Waals surface area contributed by atoms with Gasteiger partial charge in [0.25, 0.3) is 0 Å². The predicted octanol–water partition coefficient (Wildman–Crippen LogP) is 3.77. The van der Waals surface area contributed by atoms with Crippen LogP contribution in [-0.2, 0) is 0 Å². The number of hydrazine groups is 2. The fraction of sp³-hybridized carbons (Fsp3) is 0.733. The van der Waals surface area contributed by atoms with Gasteiger partial charge in [0.2, 0.25) is 0 Å². The van der Waals surface area contributed by atoms with Crippen molar-refractivity contribution in [3.05, 3.63) is 25.1 Å². The van der Waals surface area contributed by atoms with Crippen molar-refractivity contribution in [2.24, 2.45) is 0 Å². The number of rotatable bonds is 10. The number of unbranched alkanes of at least 4 members (excludes halogenated alkanes) is 4. The maximum absolute atomic E-state index is 3.83. The Morgan fingerprint density at radius 2 is 1.50 bits per heavy atom. The van der Waals surface area contributed by atoms with Crippen LogP contribution in [0.5, 0.6) is 0 Å². The maximum Gasteiger partial charge on any atom is 0.0536 e. The van der Waals surface area contributed by atoms with Crippen molar-refractivity contribution >= 4 is 0 Å². The number of nitrogens with zero attached hydrogens (tertiary/aromatic N) is 3. The molecule has 0 spiro atoms. The molecule has 0 saturated heterocycles. The minimum Gasteiger partial charge on any atom is -0.294 e. The quantitative estimate of drug-likeness (QED) is 0.432. The highest BCUT2D eigenvalue weighted by atomic mass is 15.9. The summed E-state index contributed by atoms with van der Waals surface area (Å²) in [4.78, 5) is 0. The summed E-state index contributed by atoms with van der Waals surface area (Å²) in [5, 5.41) is 6.98. The molecular weight excluding hydrogens is 222 g/mol. The highest BCUT2D eigenvalue weighted by Gasteiger charge is 2.21. The van der Waals surface area contributed by atoms with E-state index in [1.807, 2.05) is 6.08 Å². The lowest BCUT2D eigenvalue weighted by Crippen LogP contribution is -2.45. The van der Waals surface area contributed by atoms with Gasteiger partial charge in [-0.2, -0.15) is 0 Å². The molecule has 0 amide bonds. The molecular formula is C15H29N3. The topological polar surface area (TPSA) is 9.72 Å². The van der Waals surface area contributed by atoms with Crippen LogP contribution in [0.15, 0.2) is 25.1 Å². The Morgan fingerprint density at radius 1 is 0.889 bits per heavy atom.